The number of ether oxygens (including phenoxy) is 1. The van der Waals surface area contributed by atoms with Crippen molar-refractivity contribution in [2.45, 2.75) is 45.6 Å². The van der Waals surface area contributed by atoms with Gasteiger partial charge in [0.25, 0.3) is 5.91 Å². The van der Waals surface area contributed by atoms with Crippen molar-refractivity contribution < 1.29 is 19.1 Å². The molecule has 3 N–H and O–H groups in total. The molecule has 21 heavy (non-hydrogen) atoms. The minimum atomic E-state index is -0.998. The van der Waals surface area contributed by atoms with Crippen molar-refractivity contribution in [1.29, 1.82) is 0 Å². The first-order chi connectivity index (χ1) is 9.90. The van der Waals surface area contributed by atoms with Gasteiger partial charge >= 0.3 is 5.97 Å². The number of esters is 1. The molecule has 1 heterocycles. The maximum atomic E-state index is 12.3. The van der Waals surface area contributed by atoms with Gasteiger partial charge in [-0.25, -0.2) is 4.79 Å². The molecule has 0 aromatic carbocycles. The van der Waals surface area contributed by atoms with E-state index in [2.05, 4.69) is 5.32 Å². The highest BCUT2D eigenvalue weighted by molar-refractivity contribution is 7.17. The van der Waals surface area contributed by atoms with E-state index in [0.717, 1.165) is 36.1 Å². The number of aryl methyl sites for hydroxylation is 1. The van der Waals surface area contributed by atoms with E-state index in [1.807, 2.05) is 0 Å². The van der Waals surface area contributed by atoms with Crippen LogP contribution < -0.4 is 11.1 Å². The Morgan fingerprint density at radius 2 is 1.95 bits per heavy atom. The fraction of sp³-hybridized carbons (Fsp3) is 0.500. The van der Waals surface area contributed by atoms with Gasteiger partial charge < -0.3 is 15.8 Å². The Bertz CT molecular complexity index is 594. The highest BCUT2D eigenvalue weighted by atomic mass is 32.1. The highest BCUT2D eigenvalue weighted by Gasteiger charge is 2.28. The Hall–Kier alpha value is -1.89. The Kier molecular flexibility index (Phi) is 4.62. The second kappa shape index (κ2) is 6.26. The van der Waals surface area contributed by atoms with Crippen LogP contribution in [0, 0.1) is 0 Å². The molecular weight excluding hydrogens is 292 g/mol. The van der Waals surface area contributed by atoms with Gasteiger partial charge in [-0.15, -0.1) is 11.3 Å². The quantitative estimate of drug-likeness (QED) is 0.825. The zero-order valence-corrected chi connectivity index (χ0v) is 12.8. The summed E-state index contributed by atoms with van der Waals surface area (Å²) in [6, 6.07) is 0. The third-order valence-electron chi connectivity index (χ3n) is 3.35. The van der Waals surface area contributed by atoms with Crippen molar-refractivity contribution in [3.05, 3.63) is 16.0 Å². The minimum absolute atomic E-state index is 0.245. The number of thiophene rings is 1. The van der Waals surface area contributed by atoms with Crippen LogP contribution in [0.25, 0.3) is 0 Å². The van der Waals surface area contributed by atoms with Gasteiger partial charge in [-0.05, 0) is 38.2 Å². The van der Waals surface area contributed by atoms with Crippen molar-refractivity contribution in [2.24, 2.45) is 5.73 Å². The molecule has 0 bridgehead atoms. The molecule has 2 rings (SSSR count). The molecule has 1 aromatic heterocycles. The average molecular weight is 310 g/mol. The zero-order chi connectivity index (χ0) is 15.6. The van der Waals surface area contributed by atoms with Crippen LogP contribution in [0.3, 0.4) is 0 Å². The Morgan fingerprint density at radius 3 is 2.57 bits per heavy atom. The van der Waals surface area contributed by atoms with E-state index in [9.17, 15) is 14.4 Å². The zero-order valence-electron chi connectivity index (χ0n) is 12.0. The van der Waals surface area contributed by atoms with Gasteiger partial charge in [0.05, 0.1) is 5.56 Å². The topological polar surface area (TPSA) is 98.5 Å². The van der Waals surface area contributed by atoms with Crippen molar-refractivity contribution in [3.63, 3.8) is 0 Å². The van der Waals surface area contributed by atoms with Crippen molar-refractivity contribution in [3.8, 4) is 0 Å². The van der Waals surface area contributed by atoms with Gasteiger partial charge in [0.2, 0.25) is 5.91 Å². The van der Waals surface area contributed by atoms with Crippen LogP contribution in [0.2, 0.25) is 0 Å². The Morgan fingerprint density at radius 1 is 1.29 bits per heavy atom. The molecule has 0 fully saturated rings. The summed E-state index contributed by atoms with van der Waals surface area (Å²) in [7, 11) is 0. The summed E-state index contributed by atoms with van der Waals surface area (Å²) in [5.74, 6) is -1.55. The molecule has 2 amide bonds. The van der Waals surface area contributed by atoms with Crippen LogP contribution in [0.15, 0.2) is 0 Å². The van der Waals surface area contributed by atoms with Crippen molar-refractivity contribution in [2.75, 3.05) is 5.32 Å². The number of primary amides is 1. The van der Waals surface area contributed by atoms with Gasteiger partial charge in [0, 0.05) is 11.8 Å². The van der Waals surface area contributed by atoms with Crippen LogP contribution in [-0.4, -0.2) is 23.9 Å². The number of carbonyl (C=O) groups is 3. The lowest BCUT2D eigenvalue weighted by Gasteiger charge is -2.14. The summed E-state index contributed by atoms with van der Waals surface area (Å²) in [5.41, 5.74) is 6.41. The summed E-state index contributed by atoms with van der Waals surface area (Å²) in [6.07, 6.45) is 2.74. The molecule has 0 spiro atoms. The highest BCUT2D eigenvalue weighted by Crippen LogP contribution is 2.38. The number of amides is 2. The molecule has 0 radical (unpaired) electrons. The van der Waals surface area contributed by atoms with Crippen LogP contribution in [0.5, 0.6) is 0 Å². The van der Waals surface area contributed by atoms with Crippen molar-refractivity contribution >= 4 is 34.1 Å². The first kappa shape index (κ1) is 15.5. The monoisotopic (exact) mass is 310 g/mol. The molecule has 1 aliphatic carbocycles. The largest absolute Gasteiger partial charge is 0.449 e. The maximum absolute atomic E-state index is 12.3. The van der Waals surface area contributed by atoms with Gasteiger partial charge in [-0.2, -0.15) is 0 Å². The average Bonchev–Trinajstić information content (AvgIpc) is 2.75. The molecule has 0 unspecified atom stereocenters. The predicted octanol–water partition coefficient (Wildman–Crippen LogP) is 1.62. The van der Waals surface area contributed by atoms with Gasteiger partial charge in [-0.3, -0.25) is 9.59 Å². The lowest BCUT2D eigenvalue weighted by atomic mass is 9.95. The summed E-state index contributed by atoms with van der Waals surface area (Å²) in [4.78, 5) is 35.8. The molecule has 7 heteroatoms. The number of hydrogen-bond acceptors (Lipinski definition) is 5. The first-order valence-corrected chi connectivity index (χ1v) is 7.64. The number of nitrogens with two attached hydrogens (primary N) is 1. The van der Waals surface area contributed by atoms with Crippen LogP contribution >= 0.6 is 11.3 Å². The lowest BCUT2D eigenvalue weighted by molar-refractivity contribution is -0.125. The Balaban J connectivity index is 2.35. The molecule has 1 atom stereocenters. The molecule has 0 saturated heterocycles. The van der Waals surface area contributed by atoms with E-state index >= 15 is 0 Å². The first-order valence-electron chi connectivity index (χ1n) is 6.82. The third kappa shape index (κ3) is 3.41. The third-order valence-corrected chi connectivity index (χ3v) is 4.56. The molecule has 0 saturated carbocycles. The number of hydrogen-bond donors (Lipinski definition) is 2. The van der Waals surface area contributed by atoms with Crippen molar-refractivity contribution in [1.82, 2.24) is 0 Å². The predicted molar refractivity (Wildman–Crippen MR) is 79.3 cm³/mol. The minimum Gasteiger partial charge on any atom is -0.449 e. The molecule has 114 valence electrons. The number of fused-ring (bicyclic) bond motifs is 1. The van der Waals surface area contributed by atoms with Crippen LogP contribution in [-0.2, 0) is 27.2 Å². The van der Waals surface area contributed by atoms with E-state index in [-0.39, 0.29) is 5.91 Å². The number of anilines is 1. The standard InChI is InChI=1S/C14H18N2O4S/c1-7(12(15)18)20-14(19)11-9-5-3-4-6-10(9)21-13(11)16-8(2)17/h7H,3-6H2,1-2H3,(H2,15,18)(H,16,17)/t7-/m1/s1. The number of nitrogens with one attached hydrogen (secondary N) is 1. The summed E-state index contributed by atoms with van der Waals surface area (Å²) >= 11 is 1.41. The van der Waals surface area contributed by atoms with E-state index in [1.165, 1.54) is 25.2 Å². The fourth-order valence-corrected chi connectivity index (χ4v) is 3.63. The second-order valence-electron chi connectivity index (χ2n) is 5.05. The lowest BCUT2D eigenvalue weighted by Crippen LogP contribution is -2.31. The SMILES string of the molecule is CC(=O)Nc1sc2c(c1C(=O)O[C@H](C)C(N)=O)CCCC2. The number of rotatable bonds is 4. The molecule has 1 aromatic rings. The Labute approximate surface area is 126 Å². The van der Waals surface area contributed by atoms with E-state index < -0.39 is 18.0 Å². The van der Waals surface area contributed by atoms with Gasteiger partial charge in [-0.1, -0.05) is 0 Å². The molecule has 0 aliphatic heterocycles. The summed E-state index contributed by atoms with van der Waals surface area (Å²) < 4.78 is 5.09. The maximum Gasteiger partial charge on any atom is 0.342 e. The smallest absolute Gasteiger partial charge is 0.342 e. The summed E-state index contributed by atoms with van der Waals surface area (Å²) in [5, 5.41) is 3.17. The van der Waals surface area contributed by atoms with Gasteiger partial charge in [0.15, 0.2) is 6.10 Å². The molecular formula is C14H18N2O4S. The fourth-order valence-electron chi connectivity index (χ4n) is 2.31. The summed E-state index contributed by atoms with van der Waals surface area (Å²) in [6.45, 7) is 2.82. The van der Waals surface area contributed by atoms with Gasteiger partial charge in [0.1, 0.15) is 5.00 Å². The molecule has 1 aliphatic rings. The number of carbonyl (C=O) groups excluding carboxylic acids is 3. The van der Waals surface area contributed by atoms with E-state index in [4.69, 9.17) is 10.5 Å². The van der Waals surface area contributed by atoms with E-state index in [0.29, 0.717) is 10.6 Å². The van der Waals surface area contributed by atoms with E-state index in [1.54, 1.807) is 0 Å². The molecule has 6 nitrogen and oxygen atoms in total. The normalized spacial score (nSPS) is 15.0. The second-order valence-corrected chi connectivity index (χ2v) is 6.15. The van der Waals surface area contributed by atoms with Crippen LogP contribution in [0.4, 0.5) is 5.00 Å². The van der Waals surface area contributed by atoms with Crippen LogP contribution in [0.1, 0.15) is 47.5 Å².